The molecule has 0 N–H and O–H groups in total. The van der Waals surface area contributed by atoms with Crippen molar-refractivity contribution in [3.05, 3.63) is 175 Å². The van der Waals surface area contributed by atoms with Crippen molar-refractivity contribution in [2.75, 3.05) is 0 Å². The number of fused-ring (bicyclic) bond motifs is 4. The zero-order chi connectivity index (χ0) is 39.2. The number of aryl methyl sites for hydroxylation is 2. The van der Waals surface area contributed by atoms with Crippen LogP contribution in [0.5, 0.6) is 0 Å². The van der Waals surface area contributed by atoms with Crippen LogP contribution in [0.3, 0.4) is 0 Å². The van der Waals surface area contributed by atoms with Gasteiger partial charge in [-0.2, -0.15) is 0 Å². The van der Waals surface area contributed by atoms with Gasteiger partial charge < -0.3 is 13.7 Å². The van der Waals surface area contributed by atoms with Gasteiger partial charge in [0.1, 0.15) is 0 Å². The van der Waals surface area contributed by atoms with Crippen LogP contribution in [0.4, 0.5) is 0 Å². The zero-order valence-electron chi connectivity index (χ0n) is 33.7. The number of benzene rings is 10. The molecule has 16 aromatic rings. The van der Waals surface area contributed by atoms with Crippen LogP contribution < -0.4 is 0 Å². The Balaban J connectivity index is 1.35. The van der Waals surface area contributed by atoms with Crippen LogP contribution in [0, 0.1) is 0 Å². The molecule has 10 bridgehead atoms. The van der Waals surface area contributed by atoms with Crippen molar-refractivity contribution in [2.45, 2.75) is 52.4 Å². The summed E-state index contributed by atoms with van der Waals surface area (Å²) in [7, 11) is 0. The third-order valence-electron chi connectivity index (χ3n) is 13.1. The molecule has 5 heterocycles. The van der Waals surface area contributed by atoms with Gasteiger partial charge in [0.15, 0.2) is 0 Å². The smallest absolute Gasteiger partial charge is 0.0632 e. The lowest BCUT2D eigenvalue weighted by Crippen LogP contribution is -2.05. The summed E-state index contributed by atoms with van der Waals surface area (Å²) in [6.07, 6.45) is 6.97. The highest BCUT2D eigenvalue weighted by atomic mass is 15.0. The van der Waals surface area contributed by atoms with E-state index in [1.165, 1.54) is 130 Å². The Labute approximate surface area is 343 Å². The third kappa shape index (κ3) is 5.14. The molecule has 284 valence electrons. The molecular weight excluding hydrogens is 715 g/mol. The number of hydrogen-bond donors (Lipinski definition) is 0. The Bertz CT molecular complexity index is 3290. The molecule has 5 aromatic heterocycles. The molecular formula is C56H45N3. The van der Waals surface area contributed by atoms with Crippen LogP contribution in [0.25, 0.3) is 104 Å². The fourth-order valence-electron chi connectivity index (χ4n) is 10.2. The Morgan fingerprint density at radius 1 is 0.356 bits per heavy atom. The summed E-state index contributed by atoms with van der Waals surface area (Å²) in [6.45, 7) is 4.55. The van der Waals surface area contributed by atoms with Crippen molar-refractivity contribution in [1.82, 2.24) is 13.7 Å². The standard InChI is InChI=1S/C56H45N3/c1-3-5-10-36-14-24-43(25-15-36)57-45-28-30-46(31-29-45)58(44-26-16-37(17-27-44)11-6-4-2)56-52-39-20-18-38(19-21-39)51(52)55(57)53-40-22-32-49-47(34-40)48-35-41(54(53)56)23-33-50(48)59(49)42-12-8-7-9-13-42/h7-9,12-35H,3-6,10-11H2,1-2H3. The first-order valence-electron chi connectivity index (χ1n) is 21.6. The summed E-state index contributed by atoms with van der Waals surface area (Å²) in [5.41, 5.74) is 13.5. The highest BCUT2D eigenvalue weighted by Gasteiger charge is 2.23. The molecule has 11 aromatic carbocycles. The molecule has 16 rings (SSSR count). The number of aromatic nitrogens is 3. The molecule has 0 aliphatic carbocycles. The van der Waals surface area contributed by atoms with Crippen LogP contribution in [0.2, 0.25) is 0 Å². The molecule has 0 saturated carbocycles. The van der Waals surface area contributed by atoms with Crippen molar-refractivity contribution < 1.29 is 0 Å². The van der Waals surface area contributed by atoms with Gasteiger partial charge in [0.05, 0.1) is 22.1 Å². The summed E-state index contributed by atoms with van der Waals surface area (Å²) in [5, 5.41) is 12.7. The summed E-state index contributed by atoms with van der Waals surface area (Å²) in [4.78, 5) is 0. The monoisotopic (exact) mass is 759 g/mol. The maximum Gasteiger partial charge on any atom is 0.0632 e. The normalized spacial score (nSPS) is 12.3. The van der Waals surface area contributed by atoms with E-state index in [0.717, 1.165) is 23.9 Å². The molecule has 3 nitrogen and oxygen atoms in total. The number of rotatable bonds is 9. The topological polar surface area (TPSA) is 14.8 Å². The van der Waals surface area contributed by atoms with Gasteiger partial charge >= 0.3 is 0 Å². The lowest BCUT2D eigenvalue weighted by molar-refractivity contribution is 0.795. The number of unbranched alkanes of at least 4 members (excludes halogenated alkanes) is 2. The Morgan fingerprint density at radius 3 is 1.17 bits per heavy atom. The fraction of sp³-hybridized carbons (Fsp3) is 0.143. The third-order valence-corrected chi connectivity index (χ3v) is 13.1. The minimum atomic E-state index is 1.10. The second-order valence-electron chi connectivity index (χ2n) is 16.6. The summed E-state index contributed by atoms with van der Waals surface area (Å²) in [5.74, 6) is 0. The number of hydrogen-bond acceptors (Lipinski definition) is 0. The summed E-state index contributed by atoms with van der Waals surface area (Å²) < 4.78 is 7.56. The molecule has 0 atom stereocenters. The minimum Gasteiger partial charge on any atom is -0.309 e. The van der Waals surface area contributed by atoms with Crippen LogP contribution in [-0.2, 0) is 12.8 Å². The van der Waals surface area contributed by atoms with Crippen molar-refractivity contribution in [3.8, 4) is 17.1 Å². The van der Waals surface area contributed by atoms with Gasteiger partial charge in [0.25, 0.3) is 0 Å². The SMILES string of the molecule is CCCCc1ccc(-n2c3ccc(cc3)n(-c3ccc(CCCC)cc3)c3c4c5ccc(cc5)c4c2c2c4ccc5c(c4)c4cc(ccc4n5-c4ccccc4)c23)cc1. The quantitative estimate of drug-likeness (QED) is 0.139. The molecule has 0 aliphatic heterocycles. The van der Waals surface area contributed by atoms with E-state index in [1.807, 2.05) is 0 Å². The second-order valence-corrected chi connectivity index (χ2v) is 16.6. The molecule has 0 aliphatic rings. The molecule has 0 saturated heterocycles. The molecule has 0 amide bonds. The largest absolute Gasteiger partial charge is 0.309 e. The molecule has 3 heteroatoms. The lowest BCUT2D eigenvalue weighted by atomic mass is 9.90. The Kier molecular flexibility index (Phi) is 7.75. The lowest BCUT2D eigenvalue weighted by Gasteiger charge is -2.24. The van der Waals surface area contributed by atoms with Crippen LogP contribution >= 0.6 is 0 Å². The summed E-state index contributed by atoms with van der Waals surface area (Å²) in [6, 6.07) is 62.8. The number of para-hydroxylation sites is 1. The van der Waals surface area contributed by atoms with Crippen LogP contribution in [0.1, 0.15) is 50.7 Å². The fourth-order valence-corrected chi connectivity index (χ4v) is 10.2. The average Bonchev–Trinajstić information content (AvgIpc) is 3.60. The van der Waals surface area contributed by atoms with E-state index in [9.17, 15) is 0 Å². The molecule has 59 heavy (non-hydrogen) atoms. The Hall–Kier alpha value is -6.84. The highest BCUT2D eigenvalue weighted by Crippen LogP contribution is 2.47. The van der Waals surface area contributed by atoms with Crippen molar-refractivity contribution >= 4 is 87.0 Å². The molecule has 0 unspecified atom stereocenters. The van der Waals surface area contributed by atoms with Gasteiger partial charge in [0, 0.05) is 60.4 Å². The van der Waals surface area contributed by atoms with E-state index in [2.05, 4.69) is 191 Å². The van der Waals surface area contributed by atoms with E-state index in [0.29, 0.717) is 0 Å². The van der Waals surface area contributed by atoms with Crippen molar-refractivity contribution in [1.29, 1.82) is 0 Å². The Morgan fingerprint density at radius 2 is 0.746 bits per heavy atom. The van der Waals surface area contributed by atoms with Crippen molar-refractivity contribution in [3.63, 3.8) is 0 Å². The van der Waals surface area contributed by atoms with Crippen LogP contribution in [0.15, 0.2) is 164 Å². The second kappa shape index (κ2) is 13.4. The first kappa shape index (κ1) is 34.2. The predicted octanol–water partition coefficient (Wildman–Crippen LogP) is 15.4. The summed E-state index contributed by atoms with van der Waals surface area (Å²) >= 11 is 0. The molecule has 0 fully saturated rings. The van der Waals surface area contributed by atoms with E-state index < -0.39 is 0 Å². The minimum absolute atomic E-state index is 1.10. The van der Waals surface area contributed by atoms with Gasteiger partial charge in [-0.05, 0) is 143 Å². The average molecular weight is 760 g/mol. The molecule has 0 spiro atoms. The van der Waals surface area contributed by atoms with Crippen LogP contribution in [-0.4, -0.2) is 13.7 Å². The van der Waals surface area contributed by atoms with Gasteiger partial charge in [-0.25, -0.2) is 0 Å². The maximum atomic E-state index is 2.56. The first-order valence-corrected chi connectivity index (χ1v) is 21.6. The van der Waals surface area contributed by atoms with Gasteiger partial charge in [-0.15, -0.1) is 0 Å². The van der Waals surface area contributed by atoms with Gasteiger partial charge in [-0.1, -0.05) is 106 Å². The first-order chi connectivity index (χ1) is 29.2. The van der Waals surface area contributed by atoms with E-state index in [4.69, 9.17) is 0 Å². The zero-order valence-corrected chi connectivity index (χ0v) is 33.7. The van der Waals surface area contributed by atoms with E-state index in [1.54, 1.807) is 0 Å². The number of nitrogens with zero attached hydrogens (tertiary/aromatic N) is 3. The predicted molar refractivity (Wildman–Crippen MR) is 253 cm³/mol. The van der Waals surface area contributed by atoms with E-state index >= 15 is 0 Å². The van der Waals surface area contributed by atoms with Gasteiger partial charge in [0.2, 0.25) is 0 Å². The van der Waals surface area contributed by atoms with E-state index in [-0.39, 0.29) is 0 Å². The van der Waals surface area contributed by atoms with Crippen molar-refractivity contribution in [2.24, 2.45) is 0 Å². The molecule has 0 radical (unpaired) electrons. The maximum absolute atomic E-state index is 2.56. The highest BCUT2D eigenvalue weighted by molar-refractivity contribution is 6.38. The van der Waals surface area contributed by atoms with Gasteiger partial charge in [-0.3, -0.25) is 0 Å².